The van der Waals surface area contributed by atoms with E-state index in [4.69, 9.17) is 22.1 Å². The molecule has 0 aliphatic rings. The Kier molecular flexibility index (Phi) is 5.69. The lowest BCUT2D eigenvalue weighted by atomic mass is 9.94. The summed E-state index contributed by atoms with van der Waals surface area (Å²) in [4.78, 5) is 0. The van der Waals surface area contributed by atoms with Gasteiger partial charge >= 0.3 is 0 Å². The first-order valence-electron chi connectivity index (χ1n) is 5.22. The van der Waals surface area contributed by atoms with Crippen molar-refractivity contribution in [3.05, 3.63) is 34.9 Å². The van der Waals surface area contributed by atoms with Gasteiger partial charge in [0.1, 0.15) is 0 Å². The van der Waals surface area contributed by atoms with Crippen molar-refractivity contribution in [1.82, 2.24) is 0 Å². The van der Waals surface area contributed by atoms with Crippen molar-refractivity contribution in [3.63, 3.8) is 0 Å². The number of methoxy groups -OCH3 is 1. The zero-order valence-electron chi connectivity index (χ0n) is 9.08. The van der Waals surface area contributed by atoms with Gasteiger partial charge in [-0.3, -0.25) is 0 Å². The molecule has 0 aliphatic heterocycles. The fraction of sp³-hybridized carbons (Fsp3) is 0.500. The highest BCUT2D eigenvalue weighted by Gasteiger charge is 2.08. The van der Waals surface area contributed by atoms with E-state index in [1.54, 1.807) is 7.11 Å². The van der Waals surface area contributed by atoms with E-state index in [1.165, 1.54) is 5.56 Å². The summed E-state index contributed by atoms with van der Waals surface area (Å²) in [5.74, 6) is 0.414. The highest BCUT2D eigenvalue weighted by atomic mass is 35.5. The Morgan fingerprint density at radius 1 is 1.33 bits per heavy atom. The quantitative estimate of drug-likeness (QED) is 0.759. The number of ether oxygens (including phenoxy) is 1. The van der Waals surface area contributed by atoms with E-state index < -0.39 is 0 Å². The van der Waals surface area contributed by atoms with Gasteiger partial charge in [-0.1, -0.05) is 23.7 Å². The second-order valence-electron chi connectivity index (χ2n) is 3.62. The van der Waals surface area contributed by atoms with E-state index in [0.29, 0.717) is 12.5 Å². The SMILES string of the molecule is COCCC[C@@H](CN)c1ccc(Cl)cc1. The molecule has 2 nitrogen and oxygen atoms in total. The van der Waals surface area contributed by atoms with Gasteiger partial charge in [0, 0.05) is 18.7 Å². The number of halogens is 1. The number of hydrogen-bond acceptors (Lipinski definition) is 2. The van der Waals surface area contributed by atoms with Crippen LogP contribution in [-0.2, 0) is 4.74 Å². The van der Waals surface area contributed by atoms with Crippen LogP contribution in [0.2, 0.25) is 5.02 Å². The molecule has 0 aliphatic carbocycles. The van der Waals surface area contributed by atoms with Gasteiger partial charge in [0.15, 0.2) is 0 Å². The minimum Gasteiger partial charge on any atom is -0.385 e. The molecule has 1 aromatic carbocycles. The van der Waals surface area contributed by atoms with Crippen molar-refractivity contribution >= 4 is 11.6 Å². The van der Waals surface area contributed by atoms with Gasteiger partial charge in [-0.15, -0.1) is 0 Å². The Morgan fingerprint density at radius 3 is 2.53 bits per heavy atom. The molecule has 2 N–H and O–H groups in total. The van der Waals surface area contributed by atoms with Crippen LogP contribution in [0.5, 0.6) is 0 Å². The molecule has 1 aromatic rings. The number of hydrogen-bond donors (Lipinski definition) is 1. The first kappa shape index (κ1) is 12.5. The van der Waals surface area contributed by atoms with Gasteiger partial charge in [0.05, 0.1) is 0 Å². The van der Waals surface area contributed by atoms with Gasteiger partial charge in [0.25, 0.3) is 0 Å². The van der Waals surface area contributed by atoms with Crippen LogP contribution in [0.3, 0.4) is 0 Å². The topological polar surface area (TPSA) is 35.2 Å². The molecule has 0 amide bonds. The van der Waals surface area contributed by atoms with Gasteiger partial charge in [-0.25, -0.2) is 0 Å². The highest BCUT2D eigenvalue weighted by Crippen LogP contribution is 2.21. The molecule has 0 unspecified atom stereocenters. The minimum atomic E-state index is 0.414. The third kappa shape index (κ3) is 4.20. The van der Waals surface area contributed by atoms with Crippen molar-refractivity contribution in [2.24, 2.45) is 5.73 Å². The zero-order chi connectivity index (χ0) is 11.1. The molecule has 0 aromatic heterocycles. The summed E-state index contributed by atoms with van der Waals surface area (Å²) < 4.78 is 5.03. The Bertz CT molecular complexity index is 273. The van der Waals surface area contributed by atoms with Crippen LogP contribution in [0.1, 0.15) is 24.3 Å². The summed E-state index contributed by atoms with van der Waals surface area (Å²) in [7, 11) is 1.72. The van der Waals surface area contributed by atoms with Crippen LogP contribution in [0.15, 0.2) is 24.3 Å². The Labute approximate surface area is 96.4 Å². The van der Waals surface area contributed by atoms with Crippen LogP contribution >= 0.6 is 11.6 Å². The van der Waals surface area contributed by atoms with Crippen molar-refractivity contribution in [1.29, 1.82) is 0 Å². The third-order valence-corrected chi connectivity index (χ3v) is 2.78. The summed E-state index contributed by atoms with van der Waals surface area (Å²) in [6.45, 7) is 1.47. The van der Waals surface area contributed by atoms with Gasteiger partial charge in [-0.05, 0) is 43.0 Å². The second-order valence-corrected chi connectivity index (χ2v) is 4.06. The molecular weight excluding hydrogens is 210 g/mol. The van der Waals surface area contributed by atoms with Gasteiger partial charge in [-0.2, -0.15) is 0 Å². The smallest absolute Gasteiger partial charge is 0.0462 e. The van der Waals surface area contributed by atoms with Crippen LogP contribution in [0.4, 0.5) is 0 Å². The summed E-state index contributed by atoms with van der Waals surface area (Å²) in [6, 6.07) is 7.92. The molecule has 0 spiro atoms. The predicted octanol–water partition coefficient (Wildman–Crippen LogP) is 2.81. The van der Waals surface area contributed by atoms with Crippen molar-refractivity contribution < 1.29 is 4.74 Å². The molecule has 84 valence electrons. The maximum Gasteiger partial charge on any atom is 0.0462 e. The molecule has 0 heterocycles. The molecule has 0 saturated heterocycles. The minimum absolute atomic E-state index is 0.414. The van der Waals surface area contributed by atoms with Crippen molar-refractivity contribution in [2.45, 2.75) is 18.8 Å². The van der Waals surface area contributed by atoms with Crippen molar-refractivity contribution in [3.8, 4) is 0 Å². The zero-order valence-corrected chi connectivity index (χ0v) is 9.83. The van der Waals surface area contributed by atoms with Crippen LogP contribution in [-0.4, -0.2) is 20.3 Å². The van der Waals surface area contributed by atoms with E-state index in [2.05, 4.69) is 0 Å². The van der Waals surface area contributed by atoms with Gasteiger partial charge < -0.3 is 10.5 Å². The molecule has 3 heteroatoms. The van der Waals surface area contributed by atoms with E-state index in [9.17, 15) is 0 Å². The number of rotatable bonds is 6. The summed E-state index contributed by atoms with van der Waals surface area (Å²) >= 11 is 5.84. The van der Waals surface area contributed by atoms with Gasteiger partial charge in [0.2, 0.25) is 0 Å². The summed E-state index contributed by atoms with van der Waals surface area (Å²) in [6.07, 6.45) is 2.10. The Hall–Kier alpha value is -0.570. The molecular formula is C12H18ClNO. The van der Waals surface area contributed by atoms with E-state index >= 15 is 0 Å². The highest BCUT2D eigenvalue weighted by molar-refractivity contribution is 6.30. The van der Waals surface area contributed by atoms with E-state index in [-0.39, 0.29) is 0 Å². The lowest BCUT2D eigenvalue weighted by Gasteiger charge is -2.14. The predicted molar refractivity (Wildman–Crippen MR) is 64.4 cm³/mol. The monoisotopic (exact) mass is 227 g/mol. The molecule has 15 heavy (non-hydrogen) atoms. The summed E-state index contributed by atoms with van der Waals surface area (Å²) in [5.41, 5.74) is 7.01. The molecule has 0 bridgehead atoms. The standard InChI is InChI=1S/C12H18ClNO/c1-15-8-2-3-11(9-14)10-4-6-12(13)7-5-10/h4-7,11H,2-3,8-9,14H2,1H3/t11-/m0/s1. The first-order valence-corrected chi connectivity index (χ1v) is 5.60. The lowest BCUT2D eigenvalue weighted by Crippen LogP contribution is -2.13. The fourth-order valence-corrected chi connectivity index (χ4v) is 1.76. The fourth-order valence-electron chi connectivity index (χ4n) is 1.63. The third-order valence-electron chi connectivity index (χ3n) is 2.53. The largest absolute Gasteiger partial charge is 0.385 e. The second kappa shape index (κ2) is 6.83. The van der Waals surface area contributed by atoms with E-state index in [0.717, 1.165) is 24.5 Å². The summed E-state index contributed by atoms with van der Waals surface area (Å²) in [5, 5.41) is 0.770. The van der Waals surface area contributed by atoms with Crippen LogP contribution in [0.25, 0.3) is 0 Å². The first-order chi connectivity index (χ1) is 7.27. The Morgan fingerprint density at radius 2 is 2.00 bits per heavy atom. The molecule has 1 rings (SSSR count). The number of nitrogens with two attached hydrogens (primary N) is 1. The molecule has 0 radical (unpaired) electrons. The lowest BCUT2D eigenvalue weighted by molar-refractivity contribution is 0.190. The van der Waals surface area contributed by atoms with Crippen molar-refractivity contribution in [2.75, 3.05) is 20.3 Å². The maximum atomic E-state index is 5.84. The number of benzene rings is 1. The molecule has 1 atom stereocenters. The molecule has 0 fully saturated rings. The van der Waals surface area contributed by atoms with E-state index in [1.807, 2.05) is 24.3 Å². The Balaban J connectivity index is 2.53. The van der Waals surface area contributed by atoms with Crippen LogP contribution in [0, 0.1) is 0 Å². The normalized spacial score (nSPS) is 12.7. The maximum absolute atomic E-state index is 5.84. The average Bonchev–Trinajstić information content (AvgIpc) is 2.26. The van der Waals surface area contributed by atoms with Crippen LogP contribution < -0.4 is 5.73 Å². The average molecular weight is 228 g/mol. The molecule has 0 saturated carbocycles.